The number of rotatable bonds is 5. The van der Waals surface area contributed by atoms with Gasteiger partial charge in [0, 0.05) is 11.9 Å². The largest absolute Gasteiger partial charge is 0.325 e. The summed E-state index contributed by atoms with van der Waals surface area (Å²) in [4.78, 5) is 20.4. The molecule has 0 unspecified atom stereocenters. The van der Waals surface area contributed by atoms with E-state index in [1.807, 2.05) is 13.8 Å². The lowest BCUT2D eigenvalue weighted by molar-refractivity contribution is 0.102. The van der Waals surface area contributed by atoms with E-state index >= 15 is 0 Å². The van der Waals surface area contributed by atoms with Crippen LogP contribution in [-0.2, 0) is 19.4 Å². The molecule has 20 heavy (non-hydrogen) atoms. The van der Waals surface area contributed by atoms with Gasteiger partial charge in [0.05, 0.1) is 11.4 Å². The number of thiazole rings is 1. The molecule has 106 valence electrons. The third-order valence-corrected chi connectivity index (χ3v) is 3.56. The van der Waals surface area contributed by atoms with E-state index in [1.54, 1.807) is 5.38 Å². The molecule has 2 aromatic heterocycles. The number of aromatic nitrogens is 4. The van der Waals surface area contributed by atoms with Crippen molar-refractivity contribution in [3.8, 4) is 0 Å². The number of hydrogen-bond acceptors (Lipinski definition) is 7. The third kappa shape index (κ3) is 3.14. The maximum atomic E-state index is 12.0. The fourth-order valence-electron chi connectivity index (χ4n) is 1.67. The van der Waals surface area contributed by atoms with Crippen molar-refractivity contribution in [2.45, 2.75) is 33.2 Å². The zero-order valence-electron chi connectivity index (χ0n) is 11.4. The van der Waals surface area contributed by atoms with Crippen molar-refractivity contribution in [2.24, 2.45) is 5.73 Å². The molecule has 0 aliphatic carbocycles. The van der Waals surface area contributed by atoms with Gasteiger partial charge < -0.3 is 5.73 Å². The van der Waals surface area contributed by atoms with Gasteiger partial charge in [0.25, 0.3) is 5.91 Å². The first kappa shape index (κ1) is 14.5. The molecule has 7 nitrogen and oxygen atoms in total. The van der Waals surface area contributed by atoms with Gasteiger partial charge in [-0.05, 0) is 12.8 Å². The summed E-state index contributed by atoms with van der Waals surface area (Å²) in [5, 5.41) is 13.0. The van der Waals surface area contributed by atoms with Crippen molar-refractivity contribution in [1.29, 1.82) is 0 Å². The first-order chi connectivity index (χ1) is 9.67. The average molecular weight is 292 g/mol. The third-order valence-electron chi connectivity index (χ3n) is 2.69. The van der Waals surface area contributed by atoms with E-state index in [9.17, 15) is 4.79 Å². The molecule has 0 saturated heterocycles. The Bertz CT molecular complexity index is 612. The van der Waals surface area contributed by atoms with E-state index in [4.69, 9.17) is 5.73 Å². The highest BCUT2D eigenvalue weighted by Crippen LogP contribution is 2.11. The lowest BCUT2D eigenvalue weighted by Gasteiger charge is -2.05. The van der Waals surface area contributed by atoms with Crippen molar-refractivity contribution in [3.05, 3.63) is 27.5 Å². The number of amides is 1. The number of nitrogens with two attached hydrogens (primary N) is 1. The van der Waals surface area contributed by atoms with Gasteiger partial charge in [-0.2, -0.15) is 0 Å². The molecule has 0 aliphatic heterocycles. The standard InChI is InChI=1S/C12H16N6OS/c1-3-7-8(4-2)17-18-12(15-7)16-11(19)9-6-20-10(5-13)14-9/h6H,3-5,13H2,1-2H3,(H,15,16,18,19). The van der Waals surface area contributed by atoms with Gasteiger partial charge in [0.2, 0.25) is 5.95 Å². The van der Waals surface area contributed by atoms with Crippen molar-refractivity contribution < 1.29 is 4.79 Å². The molecule has 0 spiro atoms. The van der Waals surface area contributed by atoms with Gasteiger partial charge >= 0.3 is 0 Å². The summed E-state index contributed by atoms with van der Waals surface area (Å²) in [6, 6.07) is 0. The van der Waals surface area contributed by atoms with Gasteiger partial charge in [-0.15, -0.1) is 21.5 Å². The molecule has 0 bridgehead atoms. The Hall–Kier alpha value is -1.93. The number of anilines is 1. The zero-order chi connectivity index (χ0) is 14.5. The van der Waals surface area contributed by atoms with Gasteiger partial charge in [0.1, 0.15) is 10.7 Å². The summed E-state index contributed by atoms with van der Waals surface area (Å²) in [7, 11) is 0. The van der Waals surface area contributed by atoms with E-state index in [0.29, 0.717) is 17.2 Å². The van der Waals surface area contributed by atoms with Crippen molar-refractivity contribution in [1.82, 2.24) is 20.2 Å². The van der Waals surface area contributed by atoms with Crippen molar-refractivity contribution in [2.75, 3.05) is 5.32 Å². The number of nitrogens with one attached hydrogen (secondary N) is 1. The minimum atomic E-state index is -0.353. The van der Waals surface area contributed by atoms with E-state index in [0.717, 1.165) is 24.2 Å². The summed E-state index contributed by atoms with van der Waals surface area (Å²) in [5.41, 5.74) is 7.48. The van der Waals surface area contributed by atoms with Crippen LogP contribution in [0.2, 0.25) is 0 Å². The van der Waals surface area contributed by atoms with Gasteiger partial charge in [-0.3, -0.25) is 10.1 Å². The first-order valence-corrected chi connectivity index (χ1v) is 7.24. The normalized spacial score (nSPS) is 10.6. The molecular weight excluding hydrogens is 276 g/mol. The van der Waals surface area contributed by atoms with Crippen LogP contribution in [0.3, 0.4) is 0 Å². The Morgan fingerprint density at radius 2 is 2.00 bits per heavy atom. The van der Waals surface area contributed by atoms with Gasteiger partial charge in [-0.1, -0.05) is 13.8 Å². The monoisotopic (exact) mass is 292 g/mol. The fourth-order valence-corrected chi connectivity index (χ4v) is 2.32. The predicted octanol–water partition coefficient (Wildman–Crippen LogP) is 1.16. The Labute approximate surface area is 120 Å². The van der Waals surface area contributed by atoms with Crippen LogP contribution in [0.1, 0.15) is 40.7 Å². The first-order valence-electron chi connectivity index (χ1n) is 6.36. The molecular formula is C12H16N6OS. The second-order valence-electron chi connectivity index (χ2n) is 4.02. The highest BCUT2D eigenvalue weighted by atomic mass is 32.1. The summed E-state index contributed by atoms with van der Waals surface area (Å²) in [5.74, 6) is -0.152. The van der Waals surface area contributed by atoms with Crippen LogP contribution in [0.15, 0.2) is 5.38 Å². The number of carbonyl (C=O) groups is 1. The van der Waals surface area contributed by atoms with Gasteiger partial charge in [0.15, 0.2) is 0 Å². The van der Waals surface area contributed by atoms with E-state index < -0.39 is 0 Å². The van der Waals surface area contributed by atoms with E-state index in [1.165, 1.54) is 11.3 Å². The maximum Gasteiger partial charge on any atom is 0.277 e. The second kappa shape index (κ2) is 6.49. The molecule has 0 atom stereocenters. The summed E-state index contributed by atoms with van der Waals surface area (Å²) in [6.45, 7) is 4.30. The Morgan fingerprint density at radius 1 is 1.25 bits per heavy atom. The van der Waals surface area contributed by atoms with Gasteiger partial charge in [-0.25, -0.2) is 9.97 Å². The summed E-state index contributed by atoms with van der Waals surface area (Å²) in [6.07, 6.45) is 1.51. The van der Waals surface area contributed by atoms with Crippen molar-refractivity contribution in [3.63, 3.8) is 0 Å². The molecule has 2 aromatic rings. The molecule has 0 saturated carbocycles. The minimum Gasteiger partial charge on any atom is -0.325 e. The van der Waals surface area contributed by atoms with Crippen LogP contribution < -0.4 is 11.1 Å². The predicted molar refractivity (Wildman–Crippen MR) is 76.5 cm³/mol. The molecule has 0 aliphatic rings. The Kier molecular flexibility index (Phi) is 4.70. The Balaban J connectivity index is 2.15. The highest BCUT2D eigenvalue weighted by molar-refractivity contribution is 7.09. The van der Waals surface area contributed by atoms with Crippen LogP contribution in [0, 0.1) is 0 Å². The minimum absolute atomic E-state index is 0.200. The van der Waals surface area contributed by atoms with Crippen LogP contribution in [0.5, 0.6) is 0 Å². The summed E-state index contributed by atoms with van der Waals surface area (Å²) >= 11 is 1.35. The fraction of sp³-hybridized carbons (Fsp3) is 0.417. The quantitative estimate of drug-likeness (QED) is 0.856. The molecule has 2 heterocycles. The average Bonchev–Trinajstić information content (AvgIpc) is 2.96. The van der Waals surface area contributed by atoms with Crippen LogP contribution in [0.25, 0.3) is 0 Å². The molecule has 1 amide bonds. The van der Waals surface area contributed by atoms with Crippen molar-refractivity contribution >= 4 is 23.2 Å². The number of hydrogen-bond donors (Lipinski definition) is 2. The molecule has 0 aromatic carbocycles. The van der Waals surface area contributed by atoms with E-state index in [-0.39, 0.29) is 11.9 Å². The smallest absolute Gasteiger partial charge is 0.277 e. The summed E-state index contributed by atoms with van der Waals surface area (Å²) < 4.78 is 0. The Morgan fingerprint density at radius 3 is 2.60 bits per heavy atom. The molecule has 0 radical (unpaired) electrons. The lowest BCUT2D eigenvalue weighted by atomic mass is 10.2. The van der Waals surface area contributed by atoms with Crippen LogP contribution in [-0.4, -0.2) is 26.1 Å². The number of nitrogens with zero attached hydrogens (tertiary/aromatic N) is 4. The topological polar surface area (TPSA) is 107 Å². The lowest BCUT2D eigenvalue weighted by Crippen LogP contribution is -2.17. The number of carbonyl (C=O) groups excluding carboxylic acids is 1. The van der Waals surface area contributed by atoms with Crippen LogP contribution >= 0.6 is 11.3 Å². The molecule has 8 heteroatoms. The number of aryl methyl sites for hydroxylation is 2. The highest BCUT2D eigenvalue weighted by Gasteiger charge is 2.13. The molecule has 0 fully saturated rings. The zero-order valence-corrected chi connectivity index (χ0v) is 12.2. The SMILES string of the molecule is CCc1nnc(NC(=O)c2csc(CN)n2)nc1CC. The molecule has 2 rings (SSSR count). The van der Waals surface area contributed by atoms with Crippen LogP contribution in [0.4, 0.5) is 5.95 Å². The van der Waals surface area contributed by atoms with E-state index in [2.05, 4.69) is 25.5 Å². The molecule has 3 N–H and O–H groups in total. The maximum absolute atomic E-state index is 12.0. The second-order valence-corrected chi connectivity index (χ2v) is 4.96.